The van der Waals surface area contributed by atoms with Crippen molar-refractivity contribution in [1.29, 1.82) is 0 Å². The SMILES string of the molecule is Cc1c(N2CCC(CNc3ccccn3)CC2)nc(=O)[nH]c1CCCC(=O)O. The third kappa shape index (κ3) is 5.31. The number of aliphatic carboxylic acids is 1. The van der Waals surface area contributed by atoms with Gasteiger partial charge < -0.3 is 20.3 Å². The number of H-pyrrole nitrogens is 1. The van der Waals surface area contributed by atoms with Crippen LogP contribution in [0.25, 0.3) is 0 Å². The molecule has 0 atom stereocenters. The maximum atomic E-state index is 12.0. The Labute approximate surface area is 164 Å². The average Bonchev–Trinajstić information content (AvgIpc) is 2.70. The molecule has 0 amide bonds. The van der Waals surface area contributed by atoms with Crippen molar-refractivity contribution in [1.82, 2.24) is 15.0 Å². The van der Waals surface area contributed by atoms with Gasteiger partial charge in [-0.1, -0.05) is 6.07 Å². The van der Waals surface area contributed by atoms with Gasteiger partial charge in [-0.05, 0) is 50.7 Å². The molecule has 2 aromatic rings. The highest BCUT2D eigenvalue weighted by Gasteiger charge is 2.22. The molecule has 0 bridgehead atoms. The number of anilines is 2. The molecule has 2 aromatic heterocycles. The van der Waals surface area contributed by atoms with E-state index in [1.807, 2.05) is 25.1 Å². The van der Waals surface area contributed by atoms with Gasteiger partial charge in [-0.3, -0.25) is 4.79 Å². The minimum Gasteiger partial charge on any atom is -0.481 e. The number of hydrogen-bond donors (Lipinski definition) is 3. The number of nitrogens with one attached hydrogen (secondary N) is 2. The van der Waals surface area contributed by atoms with Gasteiger partial charge in [-0.2, -0.15) is 4.98 Å². The highest BCUT2D eigenvalue weighted by Crippen LogP contribution is 2.25. The monoisotopic (exact) mass is 385 g/mol. The van der Waals surface area contributed by atoms with Gasteiger partial charge in [0.25, 0.3) is 0 Å². The van der Waals surface area contributed by atoms with Crippen LogP contribution < -0.4 is 15.9 Å². The number of carboxylic acid groups (broad SMARTS) is 1. The van der Waals surface area contributed by atoms with Gasteiger partial charge in [-0.15, -0.1) is 0 Å². The Hall–Kier alpha value is -2.90. The lowest BCUT2D eigenvalue weighted by atomic mass is 9.96. The van der Waals surface area contributed by atoms with E-state index in [0.29, 0.717) is 18.8 Å². The lowest BCUT2D eigenvalue weighted by Gasteiger charge is -2.33. The van der Waals surface area contributed by atoms with Crippen molar-refractivity contribution in [2.45, 2.75) is 39.0 Å². The summed E-state index contributed by atoms with van der Waals surface area (Å²) in [6, 6.07) is 5.83. The van der Waals surface area contributed by atoms with Gasteiger partial charge in [0.15, 0.2) is 0 Å². The summed E-state index contributed by atoms with van der Waals surface area (Å²) in [5, 5.41) is 12.2. The Kier molecular flexibility index (Phi) is 6.62. The first-order chi connectivity index (χ1) is 13.5. The Morgan fingerprint density at radius 1 is 1.36 bits per heavy atom. The molecule has 3 heterocycles. The van der Waals surface area contributed by atoms with Crippen molar-refractivity contribution in [3.05, 3.63) is 46.1 Å². The zero-order chi connectivity index (χ0) is 19.9. The minimum atomic E-state index is -0.823. The number of aromatic amines is 1. The molecule has 0 saturated carbocycles. The molecule has 1 fully saturated rings. The Bertz CT molecular complexity index is 845. The molecule has 0 spiro atoms. The van der Waals surface area contributed by atoms with E-state index in [2.05, 4.69) is 25.2 Å². The molecule has 3 N–H and O–H groups in total. The quantitative estimate of drug-likeness (QED) is 0.639. The number of aromatic nitrogens is 3. The Balaban J connectivity index is 1.58. The number of carboxylic acids is 1. The van der Waals surface area contributed by atoms with Crippen molar-refractivity contribution in [2.24, 2.45) is 5.92 Å². The first-order valence-electron chi connectivity index (χ1n) is 9.74. The molecule has 1 aliphatic rings. The summed E-state index contributed by atoms with van der Waals surface area (Å²) >= 11 is 0. The summed E-state index contributed by atoms with van der Waals surface area (Å²) in [5.41, 5.74) is 1.36. The van der Waals surface area contributed by atoms with E-state index >= 15 is 0 Å². The molecule has 28 heavy (non-hydrogen) atoms. The van der Waals surface area contributed by atoms with Crippen LogP contribution in [0, 0.1) is 12.8 Å². The van der Waals surface area contributed by atoms with E-state index in [4.69, 9.17) is 5.11 Å². The molecule has 150 valence electrons. The van der Waals surface area contributed by atoms with Gasteiger partial charge in [0.2, 0.25) is 0 Å². The van der Waals surface area contributed by atoms with Crippen LogP contribution in [0.1, 0.15) is 36.9 Å². The number of nitrogens with zero attached hydrogens (tertiary/aromatic N) is 3. The Morgan fingerprint density at radius 2 is 2.14 bits per heavy atom. The number of piperidine rings is 1. The zero-order valence-electron chi connectivity index (χ0n) is 16.1. The number of rotatable bonds is 8. The maximum absolute atomic E-state index is 12.0. The minimum absolute atomic E-state index is 0.0911. The molecule has 8 nitrogen and oxygen atoms in total. The summed E-state index contributed by atoms with van der Waals surface area (Å²) in [6.45, 7) is 4.52. The fraction of sp³-hybridized carbons (Fsp3) is 0.500. The number of aryl methyl sites for hydroxylation is 1. The van der Waals surface area contributed by atoms with Crippen molar-refractivity contribution >= 4 is 17.6 Å². The summed E-state index contributed by atoms with van der Waals surface area (Å²) in [4.78, 5) is 36.1. The summed E-state index contributed by atoms with van der Waals surface area (Å²) in [6.07, 6.45) is 4.93. The number of hydrogen-bond acceptors (Lipinski definition) is 6. The largest absolute Gasteiger partial charge is 0.481 e. The second-order valence-electron chi connectivity index (χ2n) is 7.24. The van der Waals surface area contributed by atoms with Crippen LogP contribution in [0.4, 0.5) is 11.6 Å². The number of pyridine rings is 1. The summed E-state index contributed by atoms with van der Waals surface area (Å²) in [7, 11) is 0. The smallest absolute Gasteiger partial charge is 0.347 e. The predicted molar refractivity (Wildman–Crippen MR) is 108 cm³/mol. The molecule has 0 aromatic carbocycles. The predicted octanol–water partition coefficient (Wildman–Crippen LogP) is 2.21. The van der Waals surface area contributed by atoms with Crippen molar-refractivity contribution in [2.75, 3.05) is 29.9 Å². The van der Waals surface area contributed by atoms with Gasteiger partial charge in [0.05, 0.1) is 0 Å². The van der Waals surface area contributed by atoms with E-state index in [1.54, 1.807) is 6.20 Å². The molecule has 0 radical (unpaired) electrons. The first kappa shape index (κ1) is 19.9. The highest BCUT2D eigenvalue weighted by atomic mass is 16.4. The molecule has 1 aliphatic heterocycles. The van der Waals surface area contributed by atoms with Crippen LogP contribution in [0.3, 0.4) is 0 Å². The zero-order valence-corrected chi connectivity index (χ0v) is 16.1. The summed E-state index contributed by atoms with van der Waals surface area (Å²) in [5.74, 6) is 1.35. The van der Waals surface area contributed by atoms with Crippen LogP contribution in [0.5, 0.6) is 0 Å². The normalized spacial score (nSPS) is 14.8. The van der Waals surface area contributed by atoms with E-state index in [0.717, 1.165) is 55.4 Å². The molecule has 0 unspecified atom stereocenters. The molecule has 1 saturated heterocycles. The van der Waals surface area contributed by atoms with Gasteiger partial charge in [-0.25, -0.2) is 9.78 Å². The van der Waals surface area contributed by atoms with Crippen molar-refractivity contribution < 1.29 is 9.90 Å². The van der Waals surface area contributed by atoms with Crippen LogP contribution in [-0.4, -0.2) is 45.7 Å². The van der Waals surface area contributed by atoms with E-state index in [9.17, 15) is 9.59 Å². The van der Waals surface area contributed by atoms with Crippen molar-refractivity contribution in [3.8, 4) is 0 Å². The molecular weight excluding hydrogens is 358 g/mol. The third-order valence-electron chi connectivity index (χ3n) is 5.22. The molecule has 3 rings (SSSR count). The maximum Gasteiger partial charge on any atom is 0.347 e. The fourth-order valence-electron chi connectivity index (χ4n) is 3.61. The standard InChI is InChI=1S/C20H27N5O3/c1-14-16(5-4-7-18(26)27)23-20(28)24-19(14)25-11-8-15(9-12-25)13-22-17-6-2-3-10-21-17/h2-3,6,10,15H,4-5,7-9,11-13H2,1H3,(H,21,22)(H,26,27)(H,23,24,28). The van der Waals surface area contributed by atoms with E-state index < -0.39 is 5.97 Å². The Morgan fingerprint density at radius 3 is 2.82 bits per heavy atom. The topological polar surface area (TPSA) is 111 Å². The fourth-order valence-corrected chi connectivity index (χ4v) is 3.61. The van der Waals surface area contributed by atoms with Gasteiger partial charge >= 0.3 is 11.7 Å². The lowest BCUT2D eigenvalue weighted by molar-refractivity contribution is -0.137. The van der Waals surface area contributed by atoms with Gasteiger partial charge in [0, 0.05) is 43.5 Å². The van der Waals surface area contributed by atoms with Gasteiger partial charge in [0.1, 0.15) is 11.6 Å². The molecule has 0 aliphatic carbocycles. The first-order valence-corrected chi connectivity index (χ1v) is 9.74. The van der Waals surface area contributed by atoms with Crippen LogP contribution in [0.15, 0.2) is 29.2 Å². The lowest BCUT2D eigenvalue weighted by Crippen LogP contribution is -2.38. The third-order valence-corrected chi connectivity index (χ3v) is 5.22. The van der Waals surface area contributed by atoms with Crippen LogP contribution in [0.2, 0.25) is 0 Å². The van der Waals surface area contributed by atoms with Crippen LogP contribution >= 0.6 is 0 Å². The second kappa shape index (κ2) is 9.34. The highest BCUT2D eigenvalue weighted by molar-refractivity contribution is 5.66. The average molecular weight is 385 g/mol. The second-order valence-corrected chi connectivity index (χ2v) is 7.24. The summed E-state index contributed by atoms with van der Waals surface area (Å²) < 4.78 is 0. The number of carbonyl (C=O) groups is 1. The van der Waals surface area contributed by atoms with Crippen molar-refractivity contribution in [3.63, 3.8) is 0 Å². The van der Waals surface area contributed by atoms with Crippen LogP contribution in [-0.2, 0) is 11.2 Å². The molecule has 8 heteroatoms. The van der Waals surface area contributed by atoms with E-state index in [-0.39, 0.29) is 12.1 Å². The van der Waals surface area contributed by atoms with E-state index in [1.165, 1.54) is 0 Å². The molecular formula is C20H27N5O3.